The van der Waals surface area contributed by atoms with Crippen molar-refractivity contribution in [2.45, 2.75) is 31.1 Å². The van der Waals surface area contributed by atoms with Gasteiger partial charge in [0, 0.05) is 18.2 Å². The van der Waals surface area contributed by atoms with E-state index >= 15 is 0 Å². The normalized spacial score (nSPS) is 33.1. The minimum Gasteiger partial charge on any atom is -0.274 e. The van der Waals surface area contributed by atoms with E-state index in [-0.39, 0.29) is 35.0 Å². The van der Waals surface area contributed by atoms with Crippen LogP contribution < -0.4 is 4.90 Å². The number of nitro benzene ring substituents is 1. The Morgan fingerprint density at radius 2 is 1.39 bits per heavy atom. The third-order valence-electron chi connectivity index (χ3n) is 11.4. The van der Waals surface area contributed by atoms with Crippen LogP contribution in [0.3, 0.4) is 0 Å². The molecule has 0 radical (unpaired) electrons. The first-order valence-corrected chi connectivity index (χ1v) is 15.7. The number of rotatable bonds is 4. The molecule has 0 spiro atoms. The highest BCUT2D eigenvalue weighted by atomic mass is 16.6. The zero-order valence-electron chi connectivity index (χ0n) is 24.8. The summed E-state index contributed by atoms with van der Waals surface area (Å²) in [5.74, 6) is -5.04. The van der Waals surface area contributed by atoms with Crippen molar-refractivity contribution in [2.75, 3.05) is 4.90 Å². The molecule has 2 saturated heterocycles. The number of nitrogens with zero attached hydrogens (tertiary/aromatic N) is 4. The molecule has 2 aliphatic heterocycles. The van der Waals surface area contributed by atoms with Crippen LogP contribution in [0.5, 0.6) is 0 Å². The number of benzene rings is 3. The molecule has 1 saturated carbocycles. The maximum absolute atomic E-state index is 14.7. The van der Waals surface area contributed by atoms with Crippen molar-refractivity contribution in [3.8, 4) is 0 Å². The van der Waals surface area contributed by atoms with Crippen molar-refractivity contribution >= 4 is 41.2 Å². The highest BCUT2D eigenvalue weighted by molar-refractivity contribution is 6.26. The number of hydrogen-bond donors (Lipinski definition) is 0. The number of nitro groups is 1. The lowest BCUT2D eigenvalue weighted by Crippen LogP contribution is -2.55. The topological polar surface area (TPSA) is 130 Å². The van der Waals surface area contributed by atoms with Crippen molar-refractivity contribution in [3.63, 3.8) is 0 Å². The molecule has 3 fully saturated rings. The maximum atomic E-state index is 14.7. The first-order valence-electron chi connectivity index (χ1n) is 15.7. The van der Waals surface area contributed by atoms with E-state index in [9.17, 15) is 29.3 Å². The van der Waals surface area contributed by atoms with Crippen molar-refractivity contribution in [1.29, 1.82) is 0 Å². The number of hydrazone groups is 1. The van der Waals surface area contributed by atoms with Crippen molar-refractivity contribution in [2.24, 2.45) is 40.6 Å². The van der Waals surface area contributed by atoms with Gasteiger partial charge in [-0.1, -0.05) is 66.7 Å². The molecule has 6 atom stereocenters. The van der Waals surface area contributed by atoms with Crippen LogP contribution in [0.4, 0.5) is 11.4 Å². The van der Waals surface area contributed by atoms with Gasteiger partial charge in [-0.15, -0.1) is 0 Å². The Hall–Kier alpha value is -5.25. The van der Waals surface area contributed by atoms with E-state index in [1.165, 1.54) is 12.1 Å². The van der Waals surface area contributed by atoms with Crippen LogP contribution in [0, 0.1) is 52.5 Å². The van der Waals surface area contributed by atoms with Gasteiger partial charge in [-0.25, -0.2) is 4.90 Å². The second-order valence-electron chi connectivity index (χ2n) is 13.4. The number of allylic oxidation sites excluding steroid dienone is 2. The van der Waals surface area contributed by atoms with Crippen molar-refractivity contribution < 1.29 is 24.1 Å². The standard InChI is InChI=1S/C36H28N4O6/c1-18-10-15-25(26(16-18)40(45)46)38-32(41)30-29-21-6-2-4-8-23(21)36(31(30)35(38)44,24-9-5-3-7-22(24)29)17-37-39-33(42)27-19-11-12-20(14-13-19)28(27)34(39)43/h2-12,15-17,19-20,27-31H,13-14H2,1H3/b37-17-/t19-,20-,27-,28+,29?,30+,31+,36?/m0/s1. The van der Waals surface area contributed by atoms with Crippen LogP contribution in [0.25, 0.3) is 0 Å². The van der Waals surface area contributed by atoms with Gasteiger partial charge in [-0.2, -0.15) is 10.1 Å². The lowest BCUT2D eigenvalue weighted by molar-refractivity contribution is -0.384. The molecule has 46 heavy (non-hydrogen) atoms. The molecule has 4 bridgehead atoms. The second kappa shape index (κ2) is 9.15. The van der Waals surface area contributed by atoms with Gasteiger partial charge in [0.05, 0.1) is 34.0 Å². The smallest absolute Gasteiger partial charge is 0.274 e. The summed E-state index contributed by atoms with van der Waals surface area (Å²) in [7, 11) is 0. The number of imide groups is 2. The first-order chi connectivity index (χ1) is 22.2. The van der Waals surface area contributed by atoms with Gasteiger partial charge < -0.3 is 0 Å². The lowest BCUT2D eigenvalue weighted by atomic mass is 9.47. The van der Waals surface area contributed by atoms with Crippen LogP contribution in [0.1, 0.15) is 46.6 Å². The molecular weight excluding hydrogens is 584 g/mol. The number of carbonyl (C=O) groups is 4. The molecule has 6 aliphatic carbocycles. The van der Waals surface area contributed by atoms with Crippen LogP contribution in [0.2, 0.25) is 0 Å². The highest BCUT2D eigenvalue weighted by Gasteiger charge is 2.68. The summed E-state index contributed by atoms with van der Waals surface area (Å²) in [5.41, 5.74) is 2.14. The van der Waals surface area contributed by atoms with Gasteiger partial charge in [0.25, 0.3) is 17.5 Å². The summed E-state index contributed by atoms with van der Waals surface area (Å²) >= 11 is 0. The van der Waals surface area contributed by atoms with E-state index in [2.05, 4.69) is 5.10 Å². The average molecular weight is 613 g/mol. The van der Waals surface area contributed by atoms with E-state index in [0.29, 0.717) is 5.56 Å². The predicted octanol–water partition coefficient (Wildman–Crippen LogP) is 4.64. The number of carbonyl (C=O) groups excluding carboxylic acids is 4. The maximum Gasteiger partial charge on any atom is 0.293 e. The summed E-state index contributed by atoms with van der Waals surface area (Å²) in [6.45, 7) is 1.71. The zero-order chi connectivity index (χ0) is 31.6. The molecule has 2 heterocycles. The molecule has 3 aromatic carbocycles. The lowest BCUT2D eigenvalue weighted by Gasteiger charge is -2.52. The number of anilines is 1. The molecule has 11 rings (SSSR count). The van der Waals surface area contributed by atoms with Gasteiger partial charge in [0.1, 0.15) is 5.69 Å². The average Bonchev–Trinajstić information content (AvgIpc) is 3.50. The first kappa shape index (κ1) is 27.1. The monoisotopic (exact) mass is 612 g/mol. The Labute approximate surface area is 263 Å². The summed E-state index contributed by atoms with van der Waals surface area (Å²) in [4.78, 5) is 69.3. The molecular formula is C36H28N4O6. The Balaban J connectivity index is 1.24. The van der Waals surface area contributed by atoms with E-state index in [1.54, 1.807) is 19.2 Å². The zero-order valence-corrected chi connectivity index (χ0v) is 24.8. The Bertz CT molecular complexity index is 1940. The largest absolute Gasteiger partial charge is 0.293 e. The van der Waals surface area contributed by atoms with Gasteiger partial charge in [-0.05, 0) is 65.5 Å². The SMILES string of the molecule is Cc1ccc(N2C(=O)[C@@H]3C4c5ccccc5C(/C=N\N5C(=O)[C@@H]6[C@H](C5=O)[C@H]5C=C[C@H]6CC5)(c5ccccc54)[C@H]3C2=O)c([N+](=O)[O-])c1. The molecule has 8 aliphatic rings. The summed E-state index contributed by atoms with van der Waals surface area (Å²) in [5, 5.41) is 17.8. The van der Waals surface area contributed by atoms with E-state index in [4.69, 9.17) is 0 Å². The Morgan fingerprint density at radius 1 is 0.804 bits per heavy atom. The molecule has 10 heteroatoms. The minimum atomic E-state index is -1.32. The van der Waals surface area contributed by atoms with Crippen LogP contribution >= 0.6 is 0 Å². The minimum absolute atomic E-state index is 0.00588. The van der Waals surface area contributed by atoms with Crippen molar-refractivity contribution in [3.05, 3.63) is 117 Å². The fourth-order valence-electron chi connectivity index (χ4n) is 9.58. The quantitative estimate of drug-likeness (QED) is 0.139. The Kier molecular flexibility index (Phi) is 5.39. The fraction of sp³-hybridized carbons (Fsp3) is 0.306. The predicted molar refractivity (Wildman–Crippen MR) is 165 cm³/mol. The van der Waals surface area contributed by atoms with Gasteiger partial charge in [0.15, 0.2) is 0 Å². The molecule has 0 aromatic heterocycles. The van der Waals surface area contributed by atoms with Gasteiger partial charge in [-0.3, -0.25) is 29.3 Å². The van der Waals surface area contributed by atoms with Gasteiger partial charge in [0.2, 0.25) is 11.8 Å². The fourth-order valence-corrected chi connectivity index (χ4v) is 9.58. The molecule has 228 valence electrons. The number of hydrogen-bond acceptors (Lipinski definition) is 7. The number of fused-ring (bicyclic) bond motifs is 1. The van der Waals surface area contributed by atoms with Gasteiger partial charge >= 0.3 is 0 Å². The van der Waals surface area contributed by atoms with Crippen LogP contribution in [-0.4, -0.2) is 39.8 Å². The van der Waals surface area contributed by atoms with E-state index in [1.807, 2.05) is 60.7 Å². The molecule has 4 amide bonds. The number of aryl methyl sites for hydroxylation is 1. The van der Waals surface area contributed by atoms with Crippen molar-refractivity contribution in [1.82, 2.24) is 5.01 Å². The third-order valence-corrected chi connectivity index (χ3v) is 11.4. The third kappa shape index (κ3) is 3.18. The summed E-state index contributed by atoms with van der Waals surface area (Å²) in [6, 6.07) is 19.6. The molecule has 10 nitrogen and oxygen atoms in total. The molecule has 0 unspecified atom stereocenters. The Morgan fingerprint density at radius 3 is 1.96 bits per heavy atom. The van der Waals surface area contributed by atoms with E-state index in [0.717, 1.165) is 45.0 Å². The summed E-state index contributed by atoms with van der Waals surface area (Å²) < 4.78 is 0. The van der Waals surface area contributed by atoms with E-state index < -0.39 is 51.7 Å². The highest BCUT2D eigenvalue weighted by Crippen LogP contribution is 2.64. The second-order valence-corrected chi connectivity index (χ2v) is 13.4. The number of amides is 4. The molecule has 3 aromatic rings. The van der Waals surface area contributed by atoms with Crippen LogP contribution in [0.15, 0.2) is 84.0 Å². The van der Waals surface area contributed by atoms with Crippen LogP contribution in [-0.2, 0) is 24.6 Å². The summed E-state index contributed by atoms with van der Waals surface area (Å²) in [6.07, 6.45) is 7.35. The molecule has 0 N–H and O–H groups in total.